The summed E-state index contributed by atoms with van der Waals surface area (Å²) in [5.74, 6) is -1.16. The Morgan fingerprint density at radius 3 is 2.79 bits per heavy atom. The molecule has 1 aromatic carbocycles. The van der Waals surface area contributed by atoms with E-state index in [1.807, 2.05) is 0 Å². The number of ether oxygens (including phenoxy) is 1. The second-order valence-corrected chi connectivity index (χ2v) is 4.08. The summed E-state index contributed by atoms with van der Waals surface area (Å²) in [6.45, 7) is 1.50. The number of halogens is 2. The van der Waals surface area contributed by atoms with Gasteiger partial charge in [-0.2, -0.15) is 0 Å². The summed E-state index contributed by atoms with van der Waals surface area (Å²) in [4.78, 5) is 21.3. The molecule has 1 aromatic rings. The van der Waals surface area contributed by atoms with Crippen molar-refractivity contribution in [1.82, 2.24) is 0 Å². The zero-order chi connectivity index (χ0) is 14.6. The fourth-order valence-corrected chi connectivity index (χ4v) is 1.67. The van der Waals surface area contributed by atoms with Crippen molar-refractivity contribution in [3.63, 3.8) is 0 Å². The first kappa shape index (κ1) is 15.3. The Kier molecular flexibility index (Phi) is 5.20. The molecule has 0 aliphatic rings. The maximum Gasteiger partial charge on any atom is 0.342 e. The molecule has 2 N–H and O–H groups in total. The summed E-state index contributed by atoms with van der Waals surface area (Å²) >= 11 is 5.69. The molecule has 0 saturated heterocycles. The third kappa shape index (κ3) is 3.62. The van der Waals surface area contributed by atoms with E-state index in [0.717, 1.165) is 12.1 Å². The lowest BCUT2D eigenvalue weighted by atomic mass is 10.0. The van der Waals surface area contributed by atoms with Crippen molar-refractivity contribution >= 4 is 23.3 Å². The lowest BCUT2D eigenvalue weighted by Gasteiger charge is -2.16. The zero-order valence-electron chi connectivity index (χ0n) is 10.0. The van der Waals surface area contributed by atoms with Crippen LogP contribution in [0.25, 0.3) is 0 Å². The lowest BCUT2D eigenvalue weighted by molar-refractivity contribution is -0.385. The highest BCUT2D eigenvalue weighted by atomic mass is 35.5. The molecule has 0 aliphatic carbocycles. The third-order valence-electron chi connectivity index (χ3n) is 2.37. The van der Waals surface area contributed by atoms with Crippen LogP contribution in [0, 0.1) is 10.1 Å². The van der Waals surface area contributed by atoms with Gasteiger partial charge in [0.25, 0.3) is 5.69 Å². The molecule has 1 unspecified atom stereocenters. The first-order chi connectivity index (χ1) is 8.88. The van der Waals surface area contributed by atoms with Gasteiger partial charge >= 0.3 is 5.97 Å². The number of benzene rings is 1. The van der Waals surface area contributed by atoms with E-state index >= 15 is 0 Å². The van der Waals surface area contributed by atoms with Gasteiger partial charge in [-0.3, -0.25) is 10.1 Å². The van der Waals surface area contributed by atoms with Gasteiger partial charge in [0.05, 0.1) is 23.1 Å². The highest BCUT2D eigenvalue weighted by Gasteiger charge is 2.32. The summed E-state index contributed by atoms with van der Waals surface area (Å²) in [5.41, 5.74) is 4.98. The summed E-state index contributed by atoms with van der Waals surface area (Å²) in [5, 5.41) is 11.0. The number of hydrogen-bond acceptors (Lipinski definition) is 5. The minimum Gasteiger partial charge on any atom is -0.464 e. The standard InChI is InChI=1S/C11H12ClFN2O4/c1-2-19-11(16)9(13)10(14)7-5-6(12)3-4-8(7)15(17)18/h3-5,9-10H,2,14H2,1H3/t9?,10-/m1/s1. The first-order valence-electron chi connectivity index (χ1n) is 5.38. The fraction of sp³-hybridized carbons (Fsp3) is 0.364. The molecule has 6 nitrogen and oxygen atoms in total. The monoisotopic (exact) mass is 290 g/mol. The average Bonchev–Trinajstić information content (AvgIpc) is 2.36. The topological polar surface area (TPSA) is 95.5 Å². The number of rotatable bonds is 5. The van der Waals surface area contributed by atoms with E-state index in [-0.39, 0.29) is 17.2 Å². The molecule has 0 amide bonds. The zero-order valence-corrected chi connectivity index (χ0v) is 10.8. The van der Waals surface area contributed by atoms with Gasteiger partial charge in [0.1, 0.15) is 0 Å². The second kappa shape index (κ2) is 6.44. The van der Waals surface area contributed by atoms with Gasteiger partial charge in [0.15, 0.2) is 0 Å². The molecule has 2 atom stereocenters. The van der Waals surface area contributed by atoms with E-state index in [1.165, 1.54) is 13.0 Å². The number of nitro benzene ring substituents is 1. The molecule has 0 heterocycles. The van der Waals surface area contributed by atoms with E-state index in [4.69, 9.17) is 17.3 Å². The Labute approximate surface area is 113 Å². The molecule has 0 spiro atoms. The summed E-state index contributed by atoms with van der Waals surface area (Å²) in [6, 6.07) is 2.04. The van der Waals surface area contributed by atoms with Crippen LogP contribution in [0.3, 0.4) is 0 Å². The van der Waals surface area contributed by atoms with Crippen molar-refractivity contribution in [3.05, 3.63) is 38.9 Å². The number of carbonyl (C=O) groups is 1. The first-order valence-corrected chi connectivity index (χ1v) is 5.76. The maximum absolute atomic E-state index is 13.8. The minimum absolute atomic E-state index is 0.0103. The molecule has 0 saturated carbocycles. The number of nitrogens with two attached hydrogens (primary N) is 1. The van der Waals surface area contributed by atoms with E-state index in [9.17, 15) is 19.3 Å². The molecule has 0 aliphatic heterocycles. The van der Waals surface area contributed by atoms with Crippen LogP contribution in [0.15, 0.2) is 18.2 Å². The molecule has 104 valence electrons. The normalized spacial score (nSPS) is 13.7. The Balaban J connectivity index is 3.10. The second-order valence-electron chi connectivity index (χ2n) is 3.64. The van der Waals surface area contributed by atoms with Crippen molar-refractivity contribution in [2.75, 3.05) is 6.61 Å². The summed E-state index contributed by atoms with van der Waals surface area (Å²) in [7, 11) is 0. The molecule has 0 bridgehead atoms. The Hall–Kier alpha value is -1.73. The Bertz CT molecular complexity index is 498. The number of nitro groups is 1. The Morgan fingerprint density at radius 2 is 2.26 bits per heavy atom. The highest BCUT2D eigenvalue weighted by Crippen LogP contribution is 2.30. The van der Waals surface area contributed by atoms with Crippen molar-refractivity contribution in [2.24, 2.45) is 5.73 Å². The predicted octanol–water partition coefficient (Wildman–Crippen LogP) is 2.15. The highest BCUT2D eigenvalue weighted by molar-refractivity contribution is 6.30. The van der Waals surface area contributed by atoms with E-state index in [2.05, 4.69) is 4.74 Å². The van der Waals surface area contributed by atoms with Crippen LogP contribution in [0.4, 0.5) is 10.1 Å². The van der Waals surface area contributed by atoms with Gasteiger partial charge in [-0.15, -0.1) is 0 Å². The van der Waals surface area contributed by atoms with E-state index in [0.29, 0.717) is 0 Å². The number of nitrogens with zero attached hydrogens (tertiary/aromatic N) is 1. The van der Waals surface area contributed by atoms with Crippen molar-refractivity contribution in [3.8, 4) is 0 Å². The number of esters is 1. The maximum atomic E-state index is 13.8. The quantitative estimate of drug-likeness (QED) is 0.509. The smallest absolute Gasteiger partial charge is 0.342 e. The van der Waals surface area contributed by atoms with Gasteiger partial charge in [-0.05, 0) is 19.1 Å². The van der Waals surface area contributed by atoms with Gasteiger partial charge in [-0.25, -0.2) is 9.18 Å². The molecule has 1 rings (SSSR count). The number of carbonyl (C=O) groups excluding carboxylic acids is 1. The van der Waals surface area contributed by atoms with Gasteiger partial charge in [0, 0.05) is 11.1 Å². The Morgan fingerprint density at radius 1 is 1.63 bits per heavy atom. The number of hydrogen-bond donors (Lipinski definition) is 1. The lowest BCUT2D eigenvalue weighted by Crippen LogP contribution is -2.32. The van der Waals surface area contributed by atoms with Gasteiger partial charge < -0.3 is 10.5 Å². The van der Waals surface area contributed by atoms with Gasteiger partial charge in [-0.1, -0.05) is 11.6 Å². The molecule has 0 radical (unpaired) electrons. The van der Waals surface area contributed by atoms with Crippen LogP contribution in [0.5, 0.6) is 0 Å². The minimum atomic E-state index is -2.20. The van der Waals surface area contributed by atoms with E-state index < -0.39 is 28.8 Å². The fourth-order valence-electron chi connectivity index (χ4n) is 1.48. The van der Waals surface area contributed by atoms with Crippen LogP contribution in [0.1, 0.15) is 18.5 Å². The van der Waals surface area contributed by atoms with Crippen molar-refractivity contribution in [1.29, 1.82) is 0 Å². The van der Waals surface area contributed by atoms with Crippen LogP contribution in [0.2, 0.25) is 5.02 Å². The molecular formula is C11H12ClFN2O4. The van der Waals surface area contributed by atoms with Crippen LogP contribution in [-0.4, -0.2) is 23.7 Å². The van der Waals surface area contributed by atoms with Gasteiger partial charge in [0.2, 0.25) is 6.17 Å². The largest absolute Gasteiger partial charge is 0.464 e. The van der Waals surface area contributed by atoms with Crippen LogP contribution < -0.4 is 5.73 Å². The average molecular weight is 291 g/mol. The molecule has 0 aromatic heterocycles. The van der Waals surface area contributed by atoms with E-state index in [1.54, 1.807) is 0 Å². The molecular weight excluding hydrogens is 279 g/mol. The SMILES string of the molecule is CCOC(=O)C(F)[C@H](N)c1cc(Cl)ccc1[N+](=O)[O-]. The van der Waals surface area contributed by atoms with Crippen LogP contribution >= 0.6 is 11.6 Å². The van der Waals surface area contributed by atoms with Crippen LogP contribution in [-0.2, 0) is 9.53 Å². The predicted molar refractivity (Wildman–Crippen MR) is 66.6 cm³/mol. The van der Waals surface area contributed by atoms with Crippen molar-refractivity contribution < 1.29 is 18.8 Å². The third-order valence-corrected chi connectivity index (χ3v) is 2.61. The molecule has 19 heavy (non-hydrogen) atoms. The molecule has 0 fully saturated rings. The molecule has 8 heteroatoms. The summed E-state index contributed by atoms with van der Waals surface area (Å²) in [6.07, 6.45) is -2.20. The summed E-state index contributed by atoms with van der Waals surface area (Å²) < 4.78 is 18.3. The number of alkyl halides is 1. The van der Waals surface area contributed by atoms with Crippen molar-refractivity contribution in [2.45, 2.75) is 19.1 Å².